The summed E-state index contributed by atoms with van der Waals surface area (Å²) in [5.41, 5.74) is -1.24. The molecular formula is C19H27F3N6O. The number of halogens is 3. The first kappa shape index (κ1) is 22.5. The fourth-order valence-corrected chi connectivity index (χ4v) is 2.63. The van der Waals surface area contributed by atoms with E-state index >= 15 is 0 Å². The molecule has 2 N–H and O–H groups in total. The summed E-state index contributed by atoms with van der Waals surface area (Å²) in [4.78, 5) is 4.05. The van der Waals surface area contributed by atoms with Crippen molar-refractivity contribution < 1.29 is 17.9 Å². The highest BCUT2D eigenvalue weighted by molar-refractivity contribution is 5.79. The van der Waals surface area contributed by atoms with Gasteiger partial charge in [0.1, 0.15) is 17.7 Å². The molecule has 0 aliphatic rings. The van der Waals surface area contributed by atoms with E-state index in [9.17, 15) is 13.2 Å². The Balaban J connectivity index is 2.09. The fourth-order valence-electron chi connectivity index (χ4n) is 2.63. The minimum Gasteiger partial charge on any atom is -0.488 e. The first-order valence-corrected chi connectivity index (χ1v) is 9.24. The number of guanidine groups is 1. The fraction of sp³-hybridized carbons (Fsp3) is 0.526. The number of ether oxygens (including phenoxy) is 1. The summed E-state index contributed by atoms with van der Waals surface area (Å²) in [5.74, 6) is 1.24. The lowest BCUT2D eigenvalue weighted by Crippen LogP contribution is -2.37. The highest BCUT2D eigenvalue weighted by Crippen LogP contribution is 2.35. The molecule has 1 aromatic carbocycles. The summed E-state index contributed by atoms with van der Waals surface area (Å²) >= 11 is 0. The first-order valence-electron chi connectivity index (χ1n) is 9.24. The van der Waals surface area contributed by atoms with Crippen LogP contribution in [0.5, 0.6) is 5.75 Å². The molecule has 7 nitrogen and oxygen atoms in total. The van der Waals surface area contributed by atoms with Crippen molar-refractivity contribution in [2.24, 2.45) is 4.99 Å². The predicted octanol–water partition coefficient (Wildman–Crippen LogP) is 3.36. The number of alkyl halides is 3. The maximum absolute atomic E-state index is 13.5. The van der Waals surface area contributed by atoms with Gasteiger partial charge in [-0.15, -0.1) is 10.2 Å². The number of benzene rings is 1. The summed E-state index contributed by atoms with van der Waals surface area (Å²) in [6, 6.07) is 3.98. The van der Waals surface area contributed by atoms with E-state index in [1.807, 2.05) is 11.5 Å². The van der Waals surface area contributed by atoms with Crippen LogP contribution in [0.3, 0.4) is 0 Å². The molecule has 29 heavy (non-hydrogen) atoms. The normalized spacial score (nSPS) is 12.8. The molecule has 0 atom stereocenters. The zero-order valence-corrected chi connectivity index (χ0v) is 17.3. The maximum atomic E-state index is 13.5. The third-order valence-electron chi connectivity index (χ3n) is 3.93. The van der Waals surface area contributed by atoms with Crippen LogP contribution < -0.4 is 15.4 Å². The molecule has 1 heterocycles. The van der Waals surface area contributed by atoms with Crippen LogP contribution in [0.25, 0.3) is 0 Å². The van der Waals surface area contributed by atoms with Crippen LogP contribution in [0.2, 0.25) is 0 Å². The van der Waals surface area contributed by atoms with Gasteiger partial charge in [-0.05, 0) is 45.4 Å². The van der Waals surface area contributed by atoms with Crippen molar-refractivity contribution in [3.8, 4) is 5.75 Å². The molecule has 0 saturated carbocycles. The Kier molecular flexibility index (Phi) is 7.10. The number of nitrogens with one attached hydrogen (secondary N) is 2. The number of rotatable bonds is 6. The smallest absolute Gasteiger partial charge is 0.416 e. The van der Waals surface area contributed by atoms with Gasteiger partial charge in [-0.3, -0.25) is 4.99 Å². The molecule has 2 aromatic rings. The van der Waals surface area contributed by atoms with Crippen molar-refractivity contribution >= 4 is 5.96 Å². The molecule has 0 spiro atoms. The van der Waals surface area contributed by atoms with Crippen LogP contribution in [0.15, 0.2) is 29.5 Å². The monoisotopic (exact) mass is 412 g/mol. The van der Waals surface area contributed by atoms with E-state index in [0.717, 1.165) is 6.07 Å². The number of aromatic nitrogens is 3. The van der Waals surface area contributed by atoms with Crippen molar-refractivity contribution in [3.63, 3.8) is 0 Å². The van der Waals surface area contributed by atoms with E-state index in [-0.39, 0.29) is 17.9 Å². The van der Waals surface area contributed by atoms with E-state index in [1.54, 1.807) is 34.1 Å². The van der Waals surface area contributed by atoms with Gasteiger partial charge in [0.15, 0.2) is 11.8 Å². The second-order valence-corrected chi connectivity index (χ2v) is 7.34. The maximum Gasteiger partial charge on any atom is 0.416 e. The van der Waals surface area contributed by atoms with Crippen LogP contribution in [-0.2, 0) is 25.8 Å². The number of hydrogen-bond donors (Lipinski definition) is 2. The van der Waals surface area contributed by atoms with E-state index in [1.165, 1.54) is 12.1 Å². The standard InChI is InChI=1S/C19H27F3N6O/c1-6-28-12-26-27-16(28)11-25-17(23-5)24-10-13-7-8-14(29-18(2,3)4)9-15(13)19(20,21)22/h7-9,12H,6,10-11H2,1-5H3,(H2,23,24,25). The third kappa shape index (κ3) is 6.65. The van der Waals surface area contributed by atoms with Gasteiger partial charge in [0.25, 0.3) is 0 Å². The van der Waals surface area contributed by atoms with Crippen LogP contribution in [0.4, 0.5) is 13.2 Å². The summed E-state index contributed by atoms with van der Waals surface area (Å²) in [5, 5.41) is 13.8. The quantitative estimate of drug-likeness (QED) is 0.562. The molecule has 0 saturated heterocycles. The summed E-state index contributed by atoms with van der Waals surface area (Å²) in [7, 11) is 1.55. The van der Waals surface area contributed by atoms with Crippen molar-refractivity contribution in [2.75, 3.05) is 7.05 Å². The average molecular weight is 412 g/mol. The van der Waals surface area contributed by atoms with E-state index < -0.39 is 17.3 Å². The van der Waals surface area contributed by atoms with Gasteiger partial charge < -0.3 is 19.9 Å². The number of aliphatic imine (C=N–C) groups is 1. The number of hydrogen-bond acceptors (Lipinski definition) is 4. The number of nitrogens with zero attached hydrogens (tertiary/aromatic N) is 4. The van der Waals surface area contributed by atoms with Crippen molar-refractivity contribution in [1.29, 1.82) is 0 Å². The van der Waals surface area contributed by atoms with Crippen LogP contribution in [-0.4, -0.2) is 33.4 Å². The topological polar surface area (TPSA) is 76.4 Å². The van der Waals surface area contributed by atoms with Crippen molar-refractivity contribution in [1.82, 2.24) is 25.4 Å². The molecule has 0 aliphatic heterocycles. The Morgan fingerprint density at radius 3 is 2.45 bits per heavy atom. The van der Waals surface area contributed by atoms with E-state index in [2.05, 4.69) is 25.8 Å². The Labute approximate surface area is 168 Å². The van der Waals surface area contributed by atoms with Gasteiger partial charge in [-0.25, -0.2) is 0 Å². The molecule has 0 radical (unpaired) electrons. The summed E-state index contributed by atoms with van der Waals surface area (Å²) in [6.45, 7) is 8.32. The van der Waals surface area contributed by atoms with Gasteiger partial charge in [-0.1, -0.05) is 6.07 Å². The van der Waals surface area contributed by atoms with Gasteiger partial charge in [0, 0.05) is 20.1 Å². The Bertz CT molecular complexity index is 839. The van der Waals surface area contributed by atoms with E-state index in [0.29, 0.717) is 24.9 Å². The zero-order valence-electron chi connectivity index (χ0n) is 17.3. The largest absolute Gasteiger partial charge is 0.488 e. The van der Waals surface area contributed by atoms with Crippen LogP contribution >= 0.6 is 0 Å². The molecule has 0 aliphatic carbocycles. The summed E-state index contributed by atoms with van der Waals surface area (Å²) < 4.78 is 48.0. The van der Waals surface area contributed by atoms with Gasteiger partial charge in [-0.2, -0.15) is 13.2 Å². The van der Waals surface area contributed by atoms with Crippen LogP contribution in [0, 0.1) is 0 Å². The molecule has 160 valence electrons. The van der Waals surface area contributed by atoms with Gasteiger partial charge in [0.2, 0.25) is 0 Å². The zero-order chi connectivity index (χ0) is 21.7. The van der Waals surface area contributed by atoms with Crippen molar-refractivity contribution in [2.45, 2.75) is 59.1 Å². The van der Waals surface area contributed by atoms with E-state index in [4.69, 9.17) is 4.74 Å². The van der Waals surface area contributed by atoms with Gasteiger partial charge >= 0.3 is 6.18 Å². The van der Waals surface area contributed by atoms with Crippen molar-refractivity contribution in [3.05, 3.63) is 41.5 Å². The SMILES string of the molecule is CCn1cnnc1CNC(=NC)NCc1ccc(OC(C)(C)C)cc1C(F)(F)F. The molecule has 10 heteroatoms. The lowest BCUT2D eigenvalue weighted by molar-refractivity contribution is -0.138. The minimum atomic E-state index is -4.50. The Hall–Kier alpha value is -2.78. The lowest BCUT2D eigenvalue weighted by atomic mass is 10.1. The lowest BCUT2D eigenvalue weighted by Gasteiger charge is -2.23. The second kappa shape index (κ2) is 9.15. The summed E-state index contributed by atoms with van der Waals surface area (Å²) in [6.07, 6.45) is -2.88. The molecule has 0 unspecified atom stereocenters. The Morgan fingerprint density at radius 2 is 1.86 bits per heavy atom. The average Bonchev–Trinajstić information content (AvgIpc) is 3.08. The second-order valence-electron chi connectivity index (χ2n) is 7.34. The molecular weight excluding hydrogens is 385 g/mol. The predicted molar refractivity (Wildman–Crippen MR) is 105 cm³/mol. The molecule has 0 amide bonds. The molecule has 2 rings (SSSR count). The third-order valence-corrected chi connectivity index (χ3v) is 3.93. The first-order chi connectivity index (χ1) is 13.5. The Morgan fingerprint density at radius 1 is 1.17 bits per heavy atom. The highest BCUT2D eigenvalue weighted by Gasteiger charge is 2.34. The molecule has 0 fully saturated rings. The van der Waals surface area contributed by atoms with Gasteiger partial charge in [0.05, 0.1) is 12.1 Å². The molecule has 1 aromatic heterocycles. The minimum absolute atomic E-state index is 0.0508. The number of aryl methyl sites for hydroxylation is 1. The molecule has 0 bridgehead atoms. The van der Waals surface area contributed by atoms with Crippen LogP contribution in [0.1, 0.15) is 44.6 Å². The highest BCUT2D eigenvalue weighted by atomic mass is 19.4.